The number of aliphatic hydroxyl groups is 1. The lowest BCUT2D eigenvalue weighted by molar-refractivity contribution is 0.0730. The van der Waals surface area contributed by atoms with E-state index in [1.807, 2.05) is 50.8 Å². The Morgan fingerprint density at radius 1 is 1.38 bits per heavy atom. The first-order valence-electron chi connectivity index (χ1n) is 8.57. The summed E-state index contributed by atoms with van der Waals surface area (Å²) >= 11 is 6.30. The summed E-state index contributed by atoms with van der Waals surface area (Å²) in [4.78, 5) is 23.1. The number of benzene rings is 1. The molecule has 0 fully saturated rings. The van der Waals surface area contributed by atoms with Crippen molar-refractivity contribution in [2.75, 3.05) is 11.9 Å². The van der Waals surface area contributed by atoms with Gasteiger partial charge in [0.25, 0.3) is 5.91 Å². The quantitative estimate of drug-likeness (QED) is 0.839. The summed E-state index contributed by atoms with van der Waals surface area (Å²) in [5.74, 6) is 0.404. The summed E-state index contributed by atoms with van der Waals surface area (Å²) in [6.07, 6.45) is 1.52. The van der Waals surface area contributed by atoms with Gasteiger partial charge >= 0.3 is 0 Å². The number of carbonyl (C=O) groups excluding carboxylic acids is 1. The highest BCUT2D eigenvalue weighted by atomic mass is 35.5. The minimum Gasteiger partial charge on any atom is -0.394 e. The Labute approximate surface area is 158 Å². The van der Waals surface area contributed by atoms with Crippen LogP contribution in [-0.2, 0) is 6.54 Å². The van der Waals surface area contributed by atoms with Crippen LogP contribution in [0.15, 0.2) is 24.4 Å². The van der Waals surface area contributed by atoms with Crippen molar-refractivity contribution in [1.29, 1.82) is 0 Å². The molecule has 0 saturated heterocycles. The fourth-order valence-electron chi connectivity index (χ4n) is 2.86. The van der Waals surface area contributed by atoms with Crippen molar-refractivity contribution in [2.45, 2.75) is 45.8 Å². The number of hydrogen-bond donors (Lipinski definition) is 2. The number of carbonyl (C=O) groups is 1. The van der Waals surface area contributed by atoms with Crippen molar-refractivity contribution in [3.63, 3.8) is 0 Å². The molecule has 0 saturated carbocycles. The standard InChI is InChI=1S/C19H23ClN4O2/c1-11(2)24-9-13-6-5-12(7-14(13)17(24)26)16-15(20)8-21-18(22-16)23-19(3,4)10-25/h5-8,11,25H,9-10H2,1-4H3,(H,21,22,23). The van der Waals surface area contributed by atoms with E-state index < -0.39 is 5.54 Å². The van der Waals surface area contributed by atoms with Gasteiger partial charge in [0.05, 0.1) is 29.1 Å². The smallest absolute Gasteiger partial charge is 0.254 e. The van der Waals surface area contributed by atoms with E-state index >= 15 is 0 Å². The lowest BCUT2D eigenvalue weighted by Crippen LogP contribution is -2.35. The van der Waals surface area contributed by atoms with Gasteiger partial charge in [0, 0.05) is 23.7 Å². The molecule has 0 radical (unpaired) electrons. The lowest BCUT2D eigenvalue weighted by atomic mass is 10.0. The Kier molecular flexibility index (Phi) is 4.90. The molecule has 0 unspecified atom stereocenters. The molecule has 1 aliphatic rings. The molecule has 26 heavy (non-hydrogen) atoms. The molecule has 6 nitrogen and oxygen atoms in total. The molecule has 7 heteroatoms. The Hall–Kier alpha value is -2.18. The van der Waals surface area contributed by atoms with E-state index in [4.69, 9.17) is 11.6 Å². The van der Waals surface area contributed by atoms with Crippen LogP contribution in [0.1, 0.15) is 43.6 Å². The van der Waals surface area contributed by atoms with Crippen LogP contribution in [0.25, 0.3) is 11.3 Å². The van der Waals surface area contributed by atoms with E-state index in [0.717, 1.165) is 11.1 Å². The van der Waals surface area contributed by atoms with Gasteiger partial charge < -0.3 is 15.3 Å². The maximum Gasteiger partial charge on any atom is 0.254 e. The van der Waals surface area contributed by atoms with Gasteiger partial charge in [-0.15, -0.1) is 0 Å². The van der Waals surface area contributed by atoms with E-state index in [1.165, 1.54) is 6.20 Å². The molecule has 2 N–H and O–H groups in total. The Bertz CT molecular complexity index is 851. The molecule has 2 heterocycles. The second-order valence-corrected chi connectivity index (χ2v) is 7.86. The van der Waals surface area contributed by atoms with Crippen LogP contribution >= 0.6 is 11.6 Å². The number of nitrogens with one attached hydrogen (secondary N) is 1. The maximum absolute atomic E-state index is 12.6. The van der Waals surface area contributed by atoms with Gasteiger partial charge in [0.15, 0.2) is 0 Å². The second kappa shape index (κ2) is 6.85. The third kappa shape index (κ3) is 3.52. The molecule has 1 aliphatic heterocycles. The second-order valence-electron chi connectivity index (χ2n) is 7.46. The first kappa shape index (κ1) is 18.6. The number of fused-ring (bicyclic) bond motifs is 1. The molecule has 2 aromatic rings. The summed E-state index contributed by atoms with van der Waals surface area (Å²) < 4.78 is 0. The number of halogens is 1. The molecule has 1 aromatic carbocycles. The highest BCUT2D eigenvalue weighted by molar-refractivity contribution is 6.33. The normalized spacial score (nSPS) is 14.1. The lowest BCUT2D eigenvalue weighted by Gasteiger charge is -2.23. The van der Waals surface area contributed by atoms with Gasteiger partial charge in [-0.1, -0.05) is 23.7 Å². The van der Waals surface area contributed by atoms with Gasteiger partial charge in [-0.2, -0.15) is 0 Å². The predicted octanol–water partition coefficient (Wildman–Crippen LogP) is 3.34. The summed E-state index contributed by atoms with van der Waals surface area (Å²) in [6, 6.07) is 5.87. The van der Waals surface area contributed by atoms with Crippen molar-refractivity contribution in [1.82, 2.24) is 14.9 Å². The molecule has 138 valence electrons. The van der Waals surface area contributed by atoms with Crippen LogP contribution in [0.4, 0.5) is 5.95 Å². The zero-order chi connectivity index (χ0) is 19.1. The van der Waals surface area contributed by atoms with Gasteiger partial charge in [-0.05, 0) is 39.3 Å². The number of aliphatic hydroxyl groups excluding tert-OH is 1. The topological polar surface area (TPSA) is 78.3 Å². The average molecular weight is 375 g/mol. The Morgan fingerprint density at radius 3 is 2.77 bits per heavy atom. The third-order valence-electron chi connectivity index (χ3n) is 4.43. The van der Waals surface area contributed by atoms with E-state index in [2.05, 4.69) is 15.3 Å². The summed E-state index contributed by atoms with van der Waals surface area (Å²) in [5, 5.41) is 12.9. The monoisotopic (exact) mass is 374 g/mol. The maximum atomic E-state index is 12.6. The molecule has 3 rings (SSSR count). The molecule has 1 amide bonds. The summed E-state index contributed by atoms with van der Waals surface area (Å²) in [7, 11) is 0. The highest BCUT2D eigenvalue weighted by Gasteiger charge is 2.29. The molecular weight excluding hydrogens is 352 g/mol. The van der Waals surface area contributed by atoms with Crippen molar-refractivity contribution in [3.05, 3.63) is 40.5 Å². The zero-order valence-electron chi connectivity index (χ0n) is 15.4. The molecule has 0 spiro atoms. The van der Waals surface area contributed by atoms with Gasteiger partial charge in [0.2, 0.25) is 5.95 Å². The fourth-order valence-corrected chi connectivity index (χ4v) is 3.06. The Balaban J connectivity index is 1.97. The predicted molar refractivity (Wildman–Crippen MR) is 102 cm³/mol. The number of aromatic nitrogens is 2. The van der Waals surface area contributed by atoms with Crippen molar-refractivity contribution in [3.8, 4) is 11.3 Å². The fraction of sp³-hybridized carbons (Fsp3) is 0.421. The number of hydrogen-bond acceptors (Lipinski definition) is 5. The third-order valence-corrected chi connectivity index (χ3v) is 4.70. The highest BCUT2D eigenvalue weighted by Crippen LogP contribution is 2.32. The van der Waals surface area contributed by atoms with E-state index in [0.29, 0.717) is 28.8 Å². The van der Waals surface area contributed by atoms with Crippen molar-refractivity contribution in [2.24, 2.45) is 0 Å². The minimum absolute atomic E-state index is 0.0294. The van der Waals surface area contributed by atoms with E-state index in [9.17, 15) is 9.90 Å². The first-order valence-corrected chi connectivity index (χ1v) is 8.95. The molecular formula is C19H23ClN4O2. The van der Waals surface area contributed by atoms with Crippen LogP contribution in [0.5, 0.6) is 0 Å². The van der Waals surface area contributed by atoms with Crippen molar-refractivity contribution < 1.29 is 9.90 Å². The average Bonchev–Trinajstić information content (AvgIpc) is 2.93. The first-order chi connectivity index (χ1) is 12.2. The van der Waals surface area contributed by atoms with Gasteiger partial charge in [-0.25, -0.2) is 9.97 Å². The summed E-state index contributed by atoms with van der Waals surface area (Å²) in [5.41, 5.74) is 2.46. The van der Waals surface area contributed by atoms with Crippen LogP contribution in [0.2, 0.25) is 5.02 Å². The van der Waals surface area contributed by atoms with Gasteiger partial charge in [0.1, 0.15) is 0 Å². The van der Waals surface area contributed by atoms with Crippen LogP contribution in [-0.4, -0.2) is 44.1 Å². The molecule has 0 atom stereocenters. The number of nitrogens with zero attached hydrogens (tertiary/aromatic N) is 3. The number of rotatable bonds is 5. The van der Waals surface area contributed by atoms with E-state index in [1.54, 1.807) is 0 Å². The Morgan fingerprint density at radius 2 is 2.12 bits per heavy atom. The minimum atomic E-state index is -0.559. The number of anilines is 1. The SMILES string of the molecule is CC(C)N1Cc2ccc(-c3nc(NC(C)(C)CO)ncc3Cl)cc2C1=O. The summed E-state index contributed by atoms with van der Waals surface area (Å²) in [6.45, 7) is 8.27. The van der Waals surface area contributed by atoms with Gasteiger partial charge in [-0.3, -0.25) is 4.79 Å². The van der Waals surface area contributed by atoms with E-state index in [-0.39, 0.29) is 18.6 Å². The van der Waals surface area contributed by atoms with Crippen LogP contribution < -0.4 is 5.32 Å². The van der Waals surface area contributed by atoms with Crippen LogP contribution in [0.3, 0.4) is 0 Å². The molecule has 1 aromatic heterocycles. The largest absolute Gasteiger partial charge is 0.394 e. The zero-order valence-corrected chi connectivity index (χ0v) is 16.1. The number of amides is 1. The van der Waals surface area contributed by atoms with Crippen LogP contribution in [0, 0.1) is 0 Å². The molecule has 0 aliphatic carbocycles. The van der Waals surface area contributed by atoms with Crippen molar-refractivity contribution >= 4 is 23.5 Å². The molecule has 0 bridgehead atoms.